The molecule has 0 atom stereocenters. The fourth-order valence-electron chi connectivity index (χ4n) is 2.37. The molecule has 1 aliphatic carbocycles. The van der Waals surface area contributed by atoms with E-state index in [1.54, 1.807) is 0 Å². The van der Waals surface area contributed by atoms with Gasteiger partial charge in [-0.1, -0.05) is 12.8 Å². The van der Waals surface area contributed by atoms with E-state index in [2.05, 4.69) is 20.3 Å². The van der Waals surface area contributed by atoms with Crippen molar-refractivity contribution in [3.05, 3.63) is 5.82 Å². The first-order chi connectivity index (χ1) is 9.97. The quantitative estimate of drug-likeness (QED) is 0.865. The Morgan fingerprint density at radius 1 is 1.05 bits per heavy atom. The summed E-state index contributed by atoms with van der Waals surface area (Å²) >= 11 is 0. The second-order valence-electron chi connectivity index (χ2n) is 5.84. The lowest BCUT2D eigenvalue weighted by Gasteiger charge is -2.16. The number of hydrogen-bond acceptors (Lipinski definition) is 6. The topological polar surface area (TPSA) is 74.2 Å². The van der Waals surface area contributed by atoms with Gasteiger partial charge in [0.05, 0.1) is 6.54 Å². The Morgan fingerprint density at radius 3 is 2.05 bits per heavy atom. The fraction of sp³-hybridized carbons (Fsp3) is 0.714. The maximum Gasteiger partial charge on any atom is 0.229 e. The van der Waals surface area contributed by atoms with E-state index in [-0.39, 0.29) is 11.8 Å². The molecule has 0 radical (unpaired) electrons. The minimum atomic E-state index is 0.116. The molecule has 21 heavy (non-hydrogen) atoms. The first-order valence-corrected chi connectivity index (χ1v) is 7.34. The van der Waals surface area contributed by atoms with Crippen molar-refractivity contribution in [2.75, 3.05) is 38.0 Å². The molecule has 0 unspecified atom stereocenters. The molecule has 0 aliphatic heterocycles. The zero-order chi connectivity index (χ0) is 15.4. The van der Waals surface area contributed by atoms with Crippen LogP contribution in [0.3, 0.4) is 0 Å². The second-order valence-corrected chi connectivity index (χ2v) is 5.84. The molecule has 116 valence electrons. The number of anilines is 2. The van der Waals surface area contributed by atoms with E-state index in [0.717, 1.165) is 25.7 Å². The van der Waals surface area contributed by atoms with E-state index < -0.39 is 0 Å². The van der Waals surface area contributed by atoms with Gasteiger partial charge < -0.3 is 15.1 Å². The lowest BCUT2D eigenvalue weighted by Crippen LogP contribution is -2.30. The van der Waals surface area contributed by atoms with Gasteiger partial charge in [0.2, 0.25) is 17.8 Å². The highest BCUT2D eigenvalue weighted by Gasteiger charge is 2.22. The third-order valence-electron chi connectivity index (χ3n) is 3.60. The molecule has 7 nitrogen and oxygen atoms in total. The van der Waals surface area contributed by atoms with Crippen LogP contribution in [0.25, 0.3) is 0 Å². The highest BCUT2D eigenvalue weighted by molar-refractivity contribution is 5.78. The summed E-state index contributed by atoms with van der Waals surface area (Å²) in [5.41, 5.74) is 0. The summed E-state index contributed by atoms with van der Waals surface area (Å²) < 4.78 is 0. The predicted octanol–water partition coefficient (Wildman–Crippen LogP) is 0.810. The third-order valence-corrected chi connectivity index (χ3v) is 3.60. The van der Waals surface area contributed by atoms with Crippen LogP contribution in [0.4, 0.5) is 11.9 Å². The molecule has 0 saturated heterocycles. The number of hydrogen-bond donors (Lipinski definition) is 1. The number of aromatic nitrogens is 3. The highest BCUT2D eigenvalue weighted by Crippen LogP contribution is 2.24. The third kappa shape index (κ3) is 4.03. The van der Waals surface area contributed by atoms with Crippen molar-refractivity contribution in [2.45, 2.75) is 32.2 Å². The van der Waals surface area contributed by atoms with Gasteiger partial charge in [0, 0.05) is 34.1 Å². The minimum Gasteiger partial charge on any atom is -0.349 e. The van der Waals surface area contributed by atoms with Crippen molar-refractivity contribution >= 4 is 17.8 Å². The molecule has 0 spiro atoms. The molecule has 1 heterocycles. The summed E-state index contributed by atoms with van der Waals surface area (Å²) in [5.74, 6) is 2.06. The minimum absolute atomic E-state index is 0.116. The van der Waals surface area contributed by atoms with E-state index >= 15 is 0 Å². The van der Waals surface area contributed by atoms with Gasteiger partial charge in [-0.05, 0) is 12.8 Å². The average molecular weight is 292 g/mol. The molecule has 0 aromatic carbocycles. The van der Waals surface area contributed by atoms with Gasteiger partial charge in [-0.3, -0.25) is 4.79 Å². The van der Waals surface area contributed by atoms with Crippen molar-refractivity contribution < 1.29 is 4.79 Å². The summed E-state index contributed by atoms with van der Waals surface area (Å²) in [6, 6.07) is 0. The molecule has 1 amide bonds. The molecule has 7 heteroatoms. The Hall–Kier alpha value is -1.92. The highest BCUT2D eigenvalue weighted by atomic mass is 16.1. The van der Waals surface area contributed by atoms with Crippen molar-refractivity contribution in [3.8, 4) is 0 Å². The van der Waals surface area contributed by atoms with Crippen LogP contribution in [0.2, 0.25) is 0 Å². The van der Waals surface area contributed by atoms with Crippen molar-refractivity contribution in [1.29, 1.82) is 0 Å². The molecule has 1 N–H and O–H groups in total. The standard InChI is InChI=1S/C14H24N6O/c1-19(2)13-16-11(17-14(18-13)20(3)4)9-15-12(21)10-7-5-6-8-10/h10H,5-9H2,1-4H3,(H,15,21). The van der Waals surface area contributed by atoms with Gasteiger partial charge in [-0.25, -0.2) is 0 Å². The van der Waals surface area contributed by atoms with Crippen LogP contribution in [-0.2, 0) is 11.3 Å². The molecule has 1 aromatic heterocycles. The summed E-state index contributed by atoms with van der Waals surface area (Å²) in [4.78, 5) is 28.8. The van der Waals surface area contributed by atoms with Crippen molar-refractivity contribution in [2.24, 2.45) is 5.92 Å². The Kier molecular flexibility index (Phi) is 4.93. The summed E-state index contributed by atoms with van der Waals surface area (Å²) in [7, 11) is 7.54. The zero-order valence-corrected chi connectivity index (χ0v) is 13.3. The number of nitrogens with zero attached hydrogens (tertiary/aromatic N) is 5. The van der Waals surface area contributed by atoms with Crippen LogP contribution < -0.4 is 15.1 Å². The Balaban J connectivity index is 2.06. The van der Waals surface area contributed by atoms with Crippen LogP contribution in [-0.4, -0.2) is 49.0 Å². The molecule has 0 bridgehead atoms. The molecule has 1 saturated carbocycles. The smallest absolute Gasteiger partial charge is 0.229 e. The Labute approximate surface area is 125 Å². The largest absolute Gasteiger partial charge is 0.349 e. The monoisotopic (exact) mass is 292 g/mol. The lowest BCUT2D eigenvalue weighted by atomic mass is 10.1. The SMILES string of the molecule is CN(C)c1nc(CNC(=O)C2CCCC2)nc(N(C)C)n1. The fourth-order valence-corrected chi connectivity index (χ4v) is 2.37. The number of carbonyl (C=O) groups is 1. The molecular weight excluding hydrogens is 268 g/mol. The Bertz CT molecular complexity index is 470. The number of rotatable bonds is 5. The first kappa shape index (κ1) is 15.5. The summed E-state index contributed by atoms with van der Waals surface area (Å²) in [6.07, 6.45) is 4.29. The summed E-state index contributed by atoms with van der Waals surface area (Å²) in [6.45, 7) is 0.347. The van der Waals surface area contributed by atoms with Crippen LogP contribution in [0.1, 0.15) is 31.5 Å². The normalized spacial score (nSPS) is 15.0. The van der Waals surface area contributed by atoms with Gasteiger partial charge in [0.15, 0.2) is 5.82 Å². The van der Waals surface area contributed by atoms with Crippen LogP contribution in [0, 0.1) is 5.92 Å². The average Bonchev–Trinajstić information content (AvgIpc) is 2.98. The van der Waals surface area contributed by atoms with Crippen molar-refractivity contribution in [3.63, 3.8) is 0 Å². The van der Waals surface area contributed by atoms with E-state index in [1.165, 1.54) is 0 Å². The van der Waals surface area contributed by atoms with Gasteiger partial charge in [0.25, 0.3) is 0 Å². The maximum absolute atomic E-state index is 12.1. The molecule has 1 aromatic rings. The Morgan fingerprint density at radius 2 is 1.57 bits per heavy atom. The number of carbonyl (C=O) groups excluding carboxylic acids is 1. The second kappa shape index (κ2) is 6.69. The van der Waals surface area contributed by atoms with Crippen molar-refractivity contribution in [1.82, 2.24) is 20.3 Å². The van der Waals surface area contributed by atoms with E-state index in [9.17, 15) is 4.79 Å². The number of nitrogens with one attached hydrogen (secondary N) is 1. The van der Waals surface area contributed by atoms with Gasteiger partial charge in [-0.15, -0.1) is 0 Å². The van der Waals surface area contributed by atoms with E-state index in [0.29, 0.717) is 24.3 Å². The van der Waals surface area contributed by atoms with Gasteiger partial charge >= 0.3 is 0 Å². The summed E-state index contributed by atoms with van der Waals surface area (Å²) in [5, 5.41) is 2.94. The maximum atomic E-state index is 12.1. The van der Waals surface area contributed by atoms with E-state index in [1.807, 2.05) is 38.0 Å². The first-order valence-electron chi connectivity index (χ1n) is 7.34. The molecule has 1 fully saturated rings. The van der Waals surface area contributed by atoms with Gasteiger partial charge in [0.1, 0.15) is 0 Å². The number of amides is 1. The predicted molar refractivity (Wildman–Crippen MR) is 82.3 cm³/mol. The molecule has 2 rings (SSSR count). The van der Waals surface area contributed by atoms with Crippen LogP contribution in [0.15, 0.2) is 0 Å². The van der Waals surface area contributed by atoms with Crippen LogP contribution in [0.5, 0.6) is 0 Å². The molecule has 1 aliphatic rings. The lowest BCUT2D eigenvalue weighted by molar-refractivity contribution is -0.125. The molecular formula is C14H24N6O. The van der Waals surface area contributed by atoms with Crippen LogP contribution >= 0.6 is 0 Å². The van der Waals surface area contributed by atoms with Gasteiger partial charge in [-0.2, -0.15) is 15.0 Å². The zero-order valence-electron chi connectivity index (χ0n) is 13.3. The van der Waals surface area contributed by atoms with E-state index in [4.69, 9.17) is 0 Å².